The summed E-state index contributed by atoms with van der Waals surface area (Å²) in [6, 6.07) is 16.0. The van der Waals surface area contributed by atoms with Gasteiger partial charge in [0, 0.05) is 6.54 Å². The number of rotatable bonds is 5. The minimum absolute atomic E-state index is 0.00226. The molecule has 0 fully saturated rings. The van der Waals surface area contributed by atoms with Gasteiger partial charge in [-0.05, 0) is 30.5 Å². The molecule has 0 spiro atoms. The minimum atomic E-state index is 0.00226. The van der Waals surface area contributed by atoms with Gasteiger partial charge < -0.3 is 11.1 Å². The molecule has 0 saturated carbocycles. The van der Waals surface area contributed by atoms with Gasteiger partial charge in [-0.15, -0.1) is 0 Å². The summed E-state index contributed by atoms with van der Waals surface area (Å²) in [5.41, 5.74) is 10.0. The van der Waals surface area contributed by atoms with E-state index >= 15 is 0 Å². The smallest absolute Gasteiger partial charge is 0.224 e. The number of hydrogen-bond acceptors (Lipinski definition) is 2. The Morgan fingerprint density at radius 2 is 1.86 bits per heavy atom. The van der Waals surface area contributed by atoms with E-state index in [4.69, 9.17) is 5.73 Å². The first kappa shape index (κ1) is 15.3. The van der Waals surface area contributed by atoms with E-state index < -0.39 is 0 Å². The van der Waals surface area contributed by atoms with Crippen molar-refractivity contribution in [1.29, 1.82) is 0 Å². The van der Waals surface area contributed by atoms with Gasteiger partial charge in [0.1, 0.15) is 0 Å². The number of nitrogens with one attached hydrogen (secondary N) is 1. The summed E-state index contributed by atoms with van der Waals surface area (Å²) in [6.45, 7) is 4.51. The molecule has 0 saturated heterocycles. The van der Waals surface area contributed by atoms with E-state index in [0.29, 0.717) is 13.0 Å². The summed E-state index contributed by atoms with van der Waals surface area (Å²) in [6.07, 6.45) is 0.365. The van der Waals surface area contributed by atoms with Crippen molar-refractivity contribution in [3.05, 3.63) is 70.8 Å². The molecule has 3 N–H and O–H groups in total. The molecular weight excluding hydrogens is 260 g/mol. The molecule has 1 atom stereocenters. The molecule has 1 amide bonds. The van der Waals surface area contributed by atoms with E-state index in [-0.39, 0.29) is 11.9 Å². The average molecular weight is 282 g/mol. The fourth-order valence-corrected chi connectivity index (χ4v) is 2.42. The number of hydrogen-bond donors (Lipinski definition) is 2. The van der Waals surface area contributed by atoms with Crippen molar-refractivity contribution in [2.24, 2.45) is 5.73 Å². The molecule has 21 heavy (non-hydrogen) atoms. The maximum Gasteiger partial charge on any atom is 0.224 e. The van der Waals surface area contributed by atoms with Crippen LogP contribution in [0.3, 0.4) is 0 Å². The van der Waals surface area contributed by atoms with Crippen LogP contribution in [-0.4, -0.2) is 5.91 Å². The maximum atomic E-state index is 12.2. The van der Waals surface area contributed by atoms with Crippen molar-refractivity contribution in [2.75, 3.05) is 0 Å². The minimum Gasteiger partial charge on any atom is -0.349 e. The lowest BCUT2D eigenvalue weighted by atomic mass is 10.0. The SMILES string of the molecule is Cc1cccc([C@H](C)NC(=O)Cc2ccccc2CN)c1. The van der Waals surface area contributed by atoms with E-state index in [1.807, 2.05) is 43.3 Å². The summed E-state index contributed by atoms with van der Waals surface area (Å²) < 4.78 is 0. The summed E-state index contributed by atoms with van der Waals surface area (Å²) in [5, 5.41) is 3.04. The molecule has 2 aromatic carbocycles. The third-order valence-electron chi connectivity index (χ3n) is 3.61. The lowest BCUT2D eigenvalue weighted by Gasteiger charge is -2.15. The van der Waals surface area contributed by atoms with E-state index in [2.05, 4.69) is 24.4 Å². The monoisotopic (exact) mass is 282 g/mol. The van der Waals surface area contributed by atoms with Crippen LogP contribution in [0.1, 0.15) is 35.2 Å². The summed E-state index contributed by atoms with van der Waals surface area (Å²) in [7, 11) is 0. The second kappa shape index (κ2) is 7.04. The molecule has 3 heteroatoms. The van der Waals surface area contributed by atoms with Gasteiger partial charge in [-0.2, -0.15) is 0 Å². The Balaban J connectivity index is 2.01. The van der Waals surface area contributed by atoms with Gasteiger partial charge >= 0.3 is 0 Å². The molecular formula is C18H22N2O. The molecule has 0 aromatic heterocycles. The number of carbonyl (C=O) groups excluding carboxylic acids is 1. The van der Waals surface area contributed by atoms with Gasteiger partial charge in [0.15, 0.2) is 0 Å². The van der Waals surface area contributed by atoms with Crippen molar-refractivity contribution < 1.29 is 4.79 Å². The van der Waals surface area contributed by atoms with Crippen molar-refractivity contribution in [2.45, 2.75) is 32.9 Å². The summed E-state index contributed by atoms with van der Waals surface area (Å²) in [5.74, 6) is 0.0184. The van der Waals surface area contributed by atoms with Gasteiger partial charge in [-0.1, -0.05) is 54.1 Å². The van der Waals surface area contributed by atoms with E-state index in [1.54, 1.807) is 0 Å². The van der Waals surface area contributed by atoms with Crippen LogP contribution in [0, 0.1) is 6.92 Å². The Labute approximate surface area is 126 Å². The Hall–Kier alpha value is -2.13. The molecule has 2 aromatic rings. The van der Waals surface area contributed by atoms with Crippen LogP contribution in [0.5, 0.6) is 0 Å². The maximum absolute atomic E-state index is 12.2. The van der Waals surface area contributed by atoms with Crippen molar-refractivity contribution >= 4 is 5.91 Å². The number of carbonyl (C=O) groups is 1. The van der Waals surface area contributed by atoms with Gasteiger partial charge in [0.25, 0.3) is 0 Å². The van der Waals surface area contributed by atoms with Crippen molar-refractivity contribution in [3.8, 4) is 0 Å². The van der Waals surface area contributed by atoms with Crippen LogP contribution in [0.25, 0.3) is 0 Å². The highest BCUT2D eigenvalue weighted by Crippen LogP contribution is 2.15. The lowest BCUT2D eigenvalue weighted by molar-refractivity contribution is -0.121. The number of nitrogens with two attached hydrogens (primary N) is 1. The average Bonchev–Trinajstić information content (AvgIpc) is 2.47. The predicted molar refractivity (Wildman–Crippen MR) is 85.8 cm³/mol. The first-order valence-electron chi connectivity index (χ1n) is 7.23. The first-order chi connectivity index (χ1) is 10.1. The second-order valence-corrected chi connectivity index (χ2v) is 5.35. The molecule has 0 aliphatic carbocycles. The molecule has 0 heterocycles. The van der Waals surface area contributed by atoms with Gasteiger partial charge in [0.05, 0.1) is 12.5 Å². The zero-order chi connectivity index (χ0) is 15.2. The van der Waals surface area contributed by atoms with Gasteiger partial charge in [-0.3, -0.25) is 4.79 Å². The fraction of sp³-hybridized carbons (Fsp3) is 0.278. The highest BCUT2D eigenvalue weighted by molar-refractivity contribution is 5.79. The van der Waals surface area contributed by atoms with Crippen LogP contribution in [-0.2, 0) is 17.8 Å². The molecule has 110 valence electrons. The Kier molecular flexibility index (Phi) is 5.12. The molecule has 0 aliphatic heterocycles. The van der Waals surface area contributed by atoms with E-state index in [9.17, 15) is 4.79 Å². The van der Waals surface area contributed by atoms with Crippen LogP contribution in [0.2, 0.25) is 0 Å². The largest absolute Gasteiger partial charge is 0.349 e. The zero-order valence-corrected chi connectivity index (χ0v) is 12.6. The number of benzene rings is 2. The Bertz CT molecular complexity index is 622. The normalized spacial score (nSPS) is 12.0. The highest BCUT2D eigenvalue weighted by atomic mass is 16.1. The first-order valence-corrected chi connectivity index (χ1v) is 7.23. The molecule has 2 rings (SSSR count). The lowest BCUT2D eigenvalue weighted by Crippen LogP contribution is -2.28. The highest BCUT2D eigenvalue weighted by Gasteiger charge is 2.11. The van der Waals surface area contributed by atoms with Crippen molar-refractivity contribution in [3.63, 3.8) is 0 Å². The van der Waals surface area contributed by atoms with Crippen LogP contribution < -0.4 is 11.1 Å². The standard InChI is InChI=1S/C18H22N2O/c1-13-6-5-9-15(10-13)14(2)20-18(21)11-16-7-3-4-8-17(16)12-19/h3-10,14H,11-12,19H2,1-2H3,(H,20,21)/t14-/m0/s1. The topological polar surface area (TPSA) is 55.1 Å². The molecule has 0 unspecified atom stereocenters. The third kappa shape index (κ3) is 4.17. The quantitative estimate of drug-likeness (QED) is 0.886. The van der Waals surface area contributed by atoms with E-state index in [1.165, 1.54) is 5.56 Å². The second-order valence-electron chi connectivity index (χ2n) is 5.35. The molecule has 0 radical (unpaired) electrons. The molecule has 0 bridgehead atoms. The molecule has 3 nitrogen and oxygen atoms in total. The predicted octanol–water partition coefficient (Wildman–Crippen LogP) is 2.87. The number of aryl methyl sites for hydroxylation is 1. The Morgan fingerprint density at radius 3 is 2.52 bits per heavy atom. The zero-order valence-electron chi connectivity index (χ0n) is 12.6. The fourth-order valence-electron chi connectivity index (χ4n) is 2.42. The molecule has 0 aliphatic rings. The van der Waals surface area contributed by atoms with Crippen LogP contribution in [0.15, 0.2) is 48.5 Å². The van der Waals surface area contributed by atoms with Crippen molar-refractivity contribution in [1.82, 2.24) is 5.32 Å². The van der Waals surface area contributed by atoms with E-state index in [0.717, 1.165) is 16.7 Å². The van der Waals surface area contributed by atoms with Crippen LogP contribution >= 0.6 is 0 Å². The summed E-state index contributed by atoms with van der Waals surface area (Å²) >= 11 is 0. The van der Waals surface area contributed by atoms with Gasteiger partial charge in [-0.25, -0.2) is 0 Å². The van der Waals surface area contributed by atoms with Crippen LogP contribution in [0.4, 0.5) is 0 Å². The number of amides is 1. The summed E-state index contributed by atoms with van der Waals surface area (Å²) in [4.78, 5) is 12.2. The van der Waals surface area contributed by atoms with Gasteiger partial charge in [0.2, 0.25) is 5.91 Å². The Morgan fingerprint density at radius 1 is 1.14 bits per heavy atom. The third-order valence-corrected chi connectivity index (χ3v) is 3.61.